The Bertz CT molecular complexity index is 358. The summed E-state index contributed by atoms with van der Waals surface area (Å²) >= 11 is 0. The summed E-state index contributed by atoms with van der Waals surface area (Å²) in [5.41, 5.74) is 0.817. The first-order valence-corrected chi connectivity index (χ1v) is 5.41. The molecule has 1 aromatic rings. The lowest BCUT2D eigenvalue weighted by atomic mass is 10.1. The fourth-order valence-electron chi connectivity index (χ4n) is 1.51. The van der Waals surface area contributed by atoms with Gasteiger partial charge in [0.15, 0.2) is 0 Å². The molecule has 0 radical (unpaired) electrons. The van der Waals surface area contributed by atoms with Crippen LogP contribution in [0.2, 0.25) is 0 Å². The van der Waals surface area contributed by atoms with Gasteiger partial charge in [-0.1, -0.05) is 6.07 Å². The molecule has 0 saturated heterocycles. The van der Waals surface area contributed by atoms with Crippen molar-refractivity contribution < 1.29 is 9.53 Å². The van der Waals surface area contributed by atoms with Crippen molar-refractivity contribution in [3.05, 3.63) is 23.9 Å². The third-order valence-electron chi connectivity index (χ3n) is 2.46. The molecule has 1 heterocycles. The number of hydrogen-bond acceptors (Lipinski definition) is 3. The topological polar surface area (TPSA) is 39.2 Å². The Labute approximate surface area is 89.5 Å². The van der Waals surface area contributed by atoms with Crippen molar-refractivity contribution >= 4 is 5.78 Å². The Morgan fingerprint density at radius 3 is 3.00 bits per heavy atom. The van der Waals surface area contributed by atoms with E-state index in [2.05, 4.69) is 4.98 Å². The van der Waals surface area contributed by atoms with E-state index in [0.717, 1.165) is 18.5 Å². The van der Waals surface area contributed by atoms with Gasteiger partial charge in [0, 0.05) is 18.4 Å². The zero-order valence-corrected chi connectivity index (χ0v) is 8.90. The number of pyridine rings is 1. The number of aromatic nitrogens is 1. The highest BCUT2D eigenvalue weighted by Gasteiger charge is 2.29. The van der Waals surface area contributed by atoms with Crippen LogP contribution in [0.15, 0.2) is 18.2 Å². The van der Waals surface area contributed by atoms with Crippen LogP contribution in [-0.2, 0) is 11.2 Å². The number of Topliss-reactive ketones (excluding diaryl/α,β-unsaturated/α-hetero) is 1. The van der Waals surface area contributed by atoms with E-state index in [9.17, 15) is 4.79 Å². The van der Waals surface area contributed by atoms with Crippen LogP contribution >= 0.6 is 0 Å². The number of carbonyl (C=O) groups excluding carboxylic acids is 1. The van der Waals surface area contributed by atoms with Crippen LogP contribution in [0.3, 0.4) is 0 Å². The average Bonchev–Trinajstić information content (AvgIpc) is 3.01. The van der Waals surface area contributed by atoms with E-state index in [4.69, 9.17) is 4.74 Å². The molecule has 0 bridgehead atoms. The molecular formula is C12H15NO2. The molecule has 0 atom stereocenters. The van der Waals surface area contributed by atoms with Gasteiger partial charge >= 0.3 is 0 Å². The fraction of sp³-hybridized carbons (Fsp3) is 0.500. The van der Waals surface area contributed by atoms with Crippen molar-refractivity contribution in [1.29, 1.82) is 0 Å². The summed E-state index contributed by atoms with van der Waals surface area (Å²) in [6, 6.07) is 5.57. The minimum Gasteiger partial charge on any atom is -0.478 e. The number of ether oxygens (including phenoxy) is 1. The molecule has 0 aromatic carbocycles. The summed E-state index contributed by atoms with van der Waals surface area (Å²) in [7, 11) is 0. The van der Waals surface area contributed by atoms with Gasteiger partial charge in [0.05, 0.1) is 12.3 Å². The maximum atomic E-state index is 11.6. The van der Waals surface area contributed by atoms with Crippen LogP contribution in [0.25, 0.3) is 0 Å². The lowest BCUT2D eigenvalue weighted by Gasteiger charge is -2.03. The first-order valence-electron chi connectivity index (χ1n) is 5.41. The maximum Gasteiger partial charge on any atom is 0.213 e. The van der Waals surface area contributed by atoms with E-state index in [1.165, 1.54) is 0 Å². The molecule has 1 aliphatic rings. The number of nitrogens with zero attached hydrogens (tertiary/aromatic N) is 1. The van der Waals surface area contributed by atoms with Crippen LogP contribution in [-0.4, -0.2) is 17.4 Å². The maximum absolute atomic E-state index is 11.6. The molecule has 3 heteroatoms. The summed E-state index contributed by atoms with van der Waals surface area (Å²) in [5, 5.41) is 0. The van der Waals surface area contributed by atoms with Gasteiger partial charge in [0.1, 0.15) is 5.78 Å². The zero-order chi connectivity index (χ0) is 10.7. The van der Waals surface area contributed by atoms with Crippen LogP contribution in [0.5, 0.6) is 5.88 Å². The molecule has 80 valence electrons. The molecule has 0 unspecified atom stereocenters. The van der Waals surface area contributed by atoms with E-state index < -0.39 is 0 Å². The average molecular weight is 205 g/mol. The quantitative estimate of drug-likeness (QED) is 0.738. The highest BCUT2D eigenvalue weighted by atomic mass is 16.5. The van der Waals surface area contributed by atoms with Crippen LogP contribution in [0.1, 0.15) is 25.5 Å². The predicted molar refractivity (Wildman–Crippen MR) is 56.8 cm³/mol. The lowest BCUT2D eigenvalue weighted by molar-refractivity contribution is -0.119. The summed E-state index contributed by atoms with van der Waals surface area (Å²) < 4.78 is 5.28. The molecule has 0 spiro atoms. The lowest BCUT2D eigenvalue weighted by Crippen LogP contribution is -2.07. The summed E-state index contributed by atoms with van der Waals surface area (Å²) in [6.45, 7) is 2.52. The summed E-state index contributed by atoms with van der Waals surface area (Å²) in [6.07, 6.45) is 2.57. The molecule has 15 heavy (non-hydrogen) atoms. The van der Waals surface area contributed by atoms with Gasteiger partial charge in [-0.2, -0.15) is 0 Å². The number of carbonyl (C=O) groups is 1. The van der Waals surface area contributed by atoms with Gasteiger partial charge < -0.3 is 4.74 Å². The van der Waals surface area contributed by atoms with Crippen molar-refractivity contribution in [1.82, 2.24) is 4.98 Å². The summed E-state index contributed by atoms with van der Waals surface area (Å²) in [4.78, 5) is 15.8. The SMILES string of the molecule is CCOc1cccc(CC(=O)C2CC2)n1. The highest BCUT2D eigenvalue weighted by molar-refractivity contribution is 5.84. The minimum absolute atomic E-state index is 0.308. The first-order chi connectivity index (χ1) is 7.29. The van der Waals surface area contributed by atoms with Gasteiger partial charge in [0.25, 0.3) is 0 Å². The monoisotopic (exact) mass is 205 g/mol. The van der Waals surface area contributed by atoms with Gasteiger partial charge in [-0.05, 0) is 25.8 Å². The standard InChI is InChI=1S/C12H15NO2/c1-2-15-12-5-3-4-10(13-12)8-11(14)9-6-7-9/h3-5,9H,2,6-8H2,1H3. The van der Waals surface area contributed by atoms with E-state index in [-0.39, 0.29) is 0 Å². The van der Waals surface area contributed by atoms with Crippen LogP contribution < -0.4 is 4.74 Å². The molecule has 1 aliphatic carbocycles. The molecular weight excluding hydrogens is 190 g/mol. The van der Waals surface area contributed by atoms with E-state index in [1.807, 2.05) is 25.1 Å². The smallest absolute Gasteiger partial charge is 0.213 e. The Morgan fingerprint density at radius 1 is 1.53 bits per heavy atom. The van der Waals surface area contributed by atoms with Crippen molar-refractivity contribution in [2.24, 2.45) is 5.92 Å². The molecule has 1 aromatic heterocycles. The second-order valence-corrected chi connectivity index (χ2v) is 3.82. The largest absolute Gasteiger partial charge is 0.478 e. The molecule has 0 N–H and O–H groups in total. The normalized spacial score (nSPS) is 15.0. The van der Waals surface area contributed by atoms with Crippen molar-refractivity contribution in [3.8, 4) is 5.88 Å². The van der Waals surface area contributed by atoms with Crippen molar-refractivity contribution in [2.75, 3.05) is 6.61 Å². The third-order valence-corrected chi connectivity index (χ3v) is 2.46. The third kappa shape index (κ3) is 2.78. The molecule has 3 nitrogen and oxygen atoms in total. The van der Waals surface area contributed by atoms with Gasteiger partial charge in [-0.25, -0.2) is 4.98 Å². The number of rotatable bonds is 5. The molecule has 0 amide bonds. The number of ketones is 1. The van der Waals surface area contributed by atoms with Crippen LogP contribution in [0.4, 0.5) is 0 Å². The predicted octanol–water partition coefficient (Wildman–Crippen LogP) is 2.00. The van der Waals surface area contributed by atoms with E-state index >= 15 is 0 Å². The van der Waals surface area contributed by atoms with Crippen molar-refractivity contribution in [2.45, 2.75) is 26.2 Å². The second kappa shape index (κ2) is 4.43. The van der Waals surface area contributed by atoms with Gasteiger partial charge in [0.2, 0.25) is 5.88 Å². The van der Waals surface area contributed by atoms with Gasteiger partial charge in [-0.15, -0.1) is 0 Å². The fourth-order valence-corrected chi connectivity index (χ4v) is 1.51. The molecule has 0 aliphatic heterocycles. The second-order valence-electron chi connectivity index (χ2n) is 3.82. The van der Waals surface area contributed by atoms with Gasteiger partial charge in [-0.3, -0.25) is 4.79 Å². The zero-order valence-electron chi connectivity index (χ0n) is 8.90. The molecule has 1 fully saturated rings. The molecule has 2 rings (SSSR count). The Balaban J connectivity index is 2.00. The van der Waals surface area contributed by atoms with E-state index in [0.29, 0.717) is 30.6 Å². The number of hydrogen-bond donors (Lipinski definition) is 0. The molecule has 1 saturated carbocycles. The van der Waals surface area contributed by atoms with Crippen LogP contribution in [0, 0.1) is 5.92 Å². The Morgan fingerprint density at radius 2 is 2.33 bits per heavy atom. The van der Waals surface area contributed by atoms with Crippen molar-refractivity contribution in [3.63, 3.8) is 0 Å². The summed E-state index contributed by atoms with van der Waals surface area (Å²) in [5.74, 6) is 1.23. The van der Waals surface area contributed by atoms with E-state index in [1.54, 1.807) is 0 Å². The minimum atomic E-state index is 0.308. The first kappa shape index (κ1) is 10.1. The Hall–Kier alpha value is -1.38. The highest BCUT2D eigenvalue weighted by Crippen LogP contribution is 2.30. The Kier molecular flexibility index (Phi) is 2.99.